The van der Waals surface area contributed by atoms with E-state index in [2.05, 4.69) is 21.3 Å². The van der Waals surface area contributed by atoms with Crippen LogP contribution in [0.4, 0.5) is 4.79 Å². The maximum Gasteiger partial charge on any atom is 0.408 e. The maximum atomic E-state index is 12.9. The quantitative estimate of drug-likeness (QED) is 0.188. The van der Waals surface area contributed by atoms with Gasteiger partial charge in [-0.3, -0.25) is 19.2 Å². The molecule has 4 amide bonds. The van der Waals surface area contributed by atoms with Gasteiger partial charge in [0.15, 0.2) is 0 Å². The Bertz CT molecular complexity index is 676. The molecule has 12 nitrogen and oxygen atoms in total. The van der Waals surface area contributed by atoms with Crippen LogP contribution in [0.25, 0.3) is 0 Å². The van der Waals surface area contributed by atoms with Gasteiger partial charge in [-0.15, -0.1) is 0 Å². The fourth-order valence-electron chi connectivity index (χ4n) is 2.71. The van der Waals surface area contributed by atoms with Gasteiger partial charge in [0.1, 0.15) is 24.2 Å². The molecule has 12 heteroatoms. The van der Waals surface area contributed by atoms with Crippen molar-refractivity contribution in [3.63, 3.8) is 0 Å². The lowest BCUT2D eigenvalue weighted by molar-refractivity contribution is -0.138. The summed E-state index contributed by atoms with van der Waals surface area (Å²) in [6.45, 7) is 8.28. The van der Waals surface area contributed by atoms with E-state index in [1.165, 1.54) is 0 Å². The number of carboxylic acid groups (broad SMARTS) is 1. The van der Waals surface area contributed by atoms with Crippen molar-refractivity contribution in [1.29, 1.82) is 0 Å². The third kappa shape index (κ3) is 15.5. The zero-order chi connectivity index (χ0) is 25.6. The van der Waals surface area contributed by atoms with Gasteiger partial charge in [0.2, 0.25) is 17.7 Å². The average Bonchev–Trinajstić information content (AvgIpc) is 2.67. The summed E-state index contributed by atoms with van der Waals surface area (Å²) in [5.41, 5.74) is 4.77. The number of hydrogen-bond donors (Lipinski definition) is 6. The van der Waals surface area contributed by atoms with Gasteiger partial charge in [0, 0.05) is 0 Å². The van der Waals surface area contributed by atoms with Crippen LogP contribution < -0.4 is 27.0 Å². The highest BCUT2D eigenvalue weighted by Crippen LogP contribution is 2.10. The Balaban J connectivity index is 5.19. The Labute approximate surface area is 194 Å². The molecule has 0 aliphatic heterocycles. The molecule has 2 atom stereocenters. The number of nitrogens with two attached hydrogens (primary N) is 1. The number of alkyl carbamates (subject to hydrolysis) is 1. The number of carbonyl (C=O) groups is 5. The van der Waals surface area contributed by atoms with Gasteiger partial charge in [-0.05, 0) is 58.9 Å². The zero-order valence-electron chi connectivity index (χ0n) is 20.2. The van der Waals surface area contributed by atoms with E-state index in [0.717, 1.165) is 0 Å². The highest BCUT2D eigenvalue weighted by Gasteiger charge is 2.29. The lowest BCUT2D eigenvalue weighted by atomic mass is 10.0. The molecule has 0 aromatic carbocycles. The molecule has 0 rings (SSSR count). The maximum absolute atomic E-state index is 12.9. The first-order valence-electron chi connectivity index (χ1n) is 11.0. The van der Waals surface area contributed by atoms with Crippen molar-refractivity contribution in [2.24, 2.45) is 11.7 Å². The first-order chi connectivity index (χ1) is 15.2. The minimum Gasteiger partial charge on any atom is -0.480 e. The van der Waals surface area contributed by atoms with E-state index in [-0.39, 0.29) is 12.3 Å². The summed E-state index contributed by atoms with van der Waals surface area (Å²) in [5.74, 6) is -2.99. The zero-order valence-corrected chi connectivity index (χ0v) is 20.2. The monoisotopic (exact) mass is 473 g/mol. The van der Waals surface area contributed by atoms with Crippen LogP contribution in [0.1, 0.15) is 60.3 Å². The summed E-state index contributed by atoms with van der Waals surface area (Å²) in [7, 11) is 0. The van der Waals surface area contributed by atoms with Gasteiger partial charge in [0.25, 0.3) is 0 Å². The van der Waals surface area contributed by atoms with Gasteiger partial charge in [-0.2, -0.15) is 0 Å². The molecule has 33 heavy (non-hydrogen) atoms. The summed E-state index contributed by atoms with van der Waals surface area (Å²) < 4.78 is 5.23. The van der Waals surface area contributed by atoms with E-state index in [9.17, 15) is 24.0 Å². The minimum atomic E-state index is -1.21. The number of carbonyl (C=O) groups excluding carboxylic acids is 4. The molecular weight excluding hydrogens is 434 g/mol. The van der Waals surface area contributed by atoms with Crippen molar-refractivity contribution in [1.82, 2.24) is 21.3 Å². The molecule has 0 heterocycles. The summed E-state index contributed by atoms with van der Waals surface area (Å²) >= 11 is 0. The van der Waals surface area contributed by atoms with Gasteiger partial charge in [-0.25, -0.2) is 4.79 Å². The number of hydrogen-bond acceptors (Lipinski definition) is 7. The van der Waals surface area contributed by atoms with Crippen LogP contribution >= 0.6 is 0 Å². The van der Waals surface area contributed by atoms with Crippen molar-refractivity contribution < 1.29 is 33.8 Å². The molecule has 190 valence electrons. The molecule has 0 radical (unpaired) electrons. The highest BCUT2D eigenvalue weighted by atomic mass is 16.6. The summed E-state index contributed by atoms with van der Waals surface area (Å²) in [6.07, 6.45) is 1.02. The van der Waals surface area contributed by atoms with E-state index >= 15 is 0 Å². The van der Waals surface area contributed by atoms with Crippen molar-refractivity contribution in [3.8, 4) is 0 Å². The first-order valence-corrected chi connectivity index (χ1v) is 11.0. The minimum absolute atomic E-state index is 0.0677. The first kappa shape index (κ1) is 30.1. The lowest BCUT2D eigenvalue weighted by Crippen LogP contribution is -2.55. The van der Waals surface area contributed by atoms with Crippen molar-refractivity contribution in [2.45, 2.75) is 78.0 Å². The predicted octanol–water partition coefficient (Wildman–Crippen LogP) is -0.143. The Kier molecular flexibility index (Phi) is 13.7. The summed E-state index contributed by atoms with van der Waals surface area (Å²) in [6, 6.07) is -1.89. The average molecular weight is 474 g/mol. The van der Waals surface area contributed by atoms with E-state index < -0.39 is 60.6 Å². The molecule has 0 bridgehead atoms. The van der Waals surface area contributed by atoms with Gasteiger partial charge in [0.05, 0.1) is 6.54 Å². The second-order valence-corrected chi connectivity index (χ2v) is 9.06. The smallest absolute Gasteiger partial charge is 0.408 e. The summed E-state index contributed by atoms with van der Waals surface area (Å²) in [4.78, 5) is 59.9. The number of aliphatic carboxylic acids is 1. The normalized spacial score (nSPS) is 12.9. The van der Waals surface area contributed by atoms with Crippen molar-refractivity contribution >= 4 is 29.8 Å². The molecule has 0 aromatic rings. The van der Waals surface area contributed by atoms with Gasteiger partial charge >= 0.3 is 12.1 Å². The Morgan fingerprint density at radius 1 is 0.909 bits per heavy atom. The third-order valence-electron chi connectivity index (χ3n) is 4.15. The molecule has 0 aliphatic rings. The number of nitrogens with one attached hydrogen (secondary N) is 4. The number of unbranched alkanes of at least 4 members (excludes halogenated alkanes) is 1. The van der Waals surface area contributed by atoms with Crippen LogP contribution in [0.5, 0.6) is 0 Å². The number of rotatable bonds is 14. The van der Waals surface area contributed by atoms with E-state index in [1.54, 1.807) is 20.8 Å². The van der Waals surface area contributed by atoms with Crippen LogP contribution in [0.3, 0.4) is 0 Å². The van der Waals surface area contributed by atoms with Crippen LogP contribution in [0, 0.1) is 5.92 Å². The lowest BCUT2D eigenvalue weighted by Gasteiger charge is -2.26. The summed E-state index contributed by atoms with van der Waals surface area (Å²) in [5, 5.41) is 18.3. The van der Waals surface area contributed by atoms with Crippen LogP contribution in [0.2, 0.25) is 0 Å². The van der Waals surface area contributed by atoms with E-state index in [0.29, 0.717) is 25.8 Å². The topological polar surface area (TPSA) is 189 Å². The fourth-order valence-corrected chi connectivity index (χ4v) is 2.71. The number of ether oxygens (including phenoxy) is 1. The van der Waals surface area contributed by atoms with Crippen LogP contribution in [-0.2, 0) is 23.9 Å². The van der Waals surface area contributed by atoms with E-state index in [1.807, 2.05) is 13.8 Å². The van der Waals surface area contributed by atoms with Crippen LogP contribution in [-0.4, -0.2) is 72.2 Å². The molecule has 0 aromatic heterocycles. The Morgan fingerprint density at radius 3 is 2.06 bits per heavy atom. The molecule has 0 fully saturated rings. The largest absolute Gasteiger partial charge is 0.480 e. The molecule has 0 aliphatic carbocycles. The third-order valence-corrected chi connectivity index (χ3v) is 4.15. The van der Waals surface area contributed by atoms with Crippen LogP contribution in [0.15, 0.2) is 0 Å². The van der Waals surface area contributed by atoms with Gasteiger partial charge < -0.3 is 36.8 Å². The highest BCUT2D eigenvalue weighted by molar-refractivity contribution is 5.93. The number of carboxylic acids is 1. The molecule has 7 N–H and O–H groups in total. The fraction of sp³-hybridized carbons (Fsp3) is 0.762. The Hall–Kier alpha value is -2.89. The second kappa shape index (κ2) is 15.0. The van der Waals surface area contributed by atoms with Crippen molar-refractivity contribution in [2.75, 3.05) is 19.6 Å². The van der Waals surface area contributed by atoms with Gasteiger partial charge in [-0.1, -0.05) is 13.8 Å². The standard InChI is InChI=1S/C21H39N5O7/c1-13(2)10-15(26-20(32)33-21(3,4)5)19(31)25-14(8-6-7-9-22)18(30)24-11-16(27)23-12-17(28)29/h13-15H,6-12,22H2,1-5H3,(H,23,27)(H,24,30)(H,25,31)(H,26,32)(H,28,29)/t14-,15+/m1/s1. The molecule has 0 unspecified atom stereocenters. The molecule has 0 saturated heterocycles. The second-order valence-electron chi connectivity index (χ2n) is 9.06. The van der Waals surface area contributed by atoms with Crippen molar-refractivity contribution in [3.05, 3.63) is 0 Å². The molecule has 0 saturated carbocycles. The molecule has 0 spiro atoms. The molecular formula is C21H39N5O7. The predicted molar refractivity (Wildman–Crippen MR) is 121 cm³/mol. The van der Waals surface area contributed by atoms with E-state index in [4.69, 9.17) is 15.6 Å². The SMILES string of the molecule is CC(C)C[C@H](NC(=O)OC(C)(C)C)C(=O)N[C@H](CCCCN)C(=O)NCC(=O)NCC(=O)O. The Morgan fingerprint density at radius 2 is 1.55 bits per heavy atom. The number of amides is 4.